The molecule has 0 unspecified atom stereocenters. The number of nitrogens with zero attached hydrogens (tertiary/aromatic N) is 1. The molecule has 0 aliphatic rings. The number of aliphatic hydroxyl groups is 2. The van der Waals surface area contributed by atoms with Crippen molar-refractivity contribution in [3.05, 3.63) is 75.8 Å². The number of nitro groups is 1. The number of hydrogen-bond acceptors (Lipinski definition) is 8. The van der Waals surface area contributed by atoms with Crippen molar-refractivity contribution >= 4 is 17.5 Å². The predicted octanol–water partition coefficient (Wildman–Crippen LogP) is -0.881. The van der Waals surface area contributed by atoms with E-state index in [-0.39, 0.29) is 25.2 Å². The van der Waals surface area contributed by atoms with Crippen LogP contribution in [0.5, 0.6) is 0 Å². The molecule has 0 fully saturated rings. The molecule has 2 aromatic carbocycles. The van der Waals surface area contributed by atoms with Gasteiger partial charge in [-0.2, -0.15) is 0 Å². The number of hydrogen-bond donors (Lipinski definition) is 6. The zero-order valence-electron chi connectivity index (χ0n) is 17.3. The molecule has 0 radical (unpaired) electrons. The first kappa shape index (κ1) is 24.9. The van der Waals surface area contributed by atoms with Gasteiger partial charge in [0.15, 0.2) is 0 Å². The van der Waals surface area contributed by atoms with Gasteiger partial charge in [-0.15, -0.1) is 0 Å². The lowest BCUT2D eigenvalue weighted by Gasteiger charge is -2.23. The zero-order valence-corrected chi connectivity index (χ0v) is 17.3. The molecule has 0 aliphatic carbocycles. The van der Waals surface area contributed by atoms with Crippen LogP contribution < -0.4 is 22.1 Å². The summed E-state index contributed by atoms with van der Waals surface area (Å²) in [6.07, 6.45) is -2.47. The van der Waals surface area contributed by atoms with Crippen LogP contribution in [0.1, 0.15) is 17.2 Å². The van der Waals surface area contributed by atoms with Crippen molar-refractivity contribution in [2.45, 2.75) is 30.7 Å². The van der Waals surface area contributed by atoms with E-state index in [9.17, 15) is 29.9 Å². The van der Waals surface area contributed by atoms with Crippen LogP contribution in [-0.2, 0) is 16.0 Å². The van der Waals surface area contributed by atoms with Crippen LogP contribution in [0.2, 0.25) is 0 Å². The van der Waals surface area contributed by atoms with Crippen LogP contribution in [0.3, 0.4) is 0 Å². The Morgan fingerprint density at radius 1 is 1.03 bits per heavy atom. The van der Waals surface area contributed by atoms with E-state index in [0.717, 1.165) is 5.56 Å². The maximum atomic E-state index is 12.7. The van der Waals surface area contributed by atoms with E-state index in [1.165, 1.54) is 24.3 Å². The number of aliphatic hydroxyl groups excluding tert-OH is 2. The number of carbonyl (C=O) groups excluding carboxylic acids is 2. The number of amides is 2. The first-order valence-electron chi connectivity index (χ1n) is 9.91. The van der Waals surface area contributed by atoms with Crippen molar-refractivity contribution in [3.63, 3.8) is 0 Å². The Labute approximate surface area is 184 Å². The van der Waals surface area contributed by atoms with Crippen LogP contribution in [0.25, 0.3) is 0 Å². The second kappa shape index (κ2) is 11.9. The SMILES string of the molecule is NC[C@H](O)C(=O)N[C@H](Cc1ccccc1)C(=O)NC[C@H](N)[C@@H](O)c1ccc([N+](=O)[O-])cc1. The van der Waals surface area contributed by atoms with Gasteiger partial charge < -0.3 is 32.3 Å². The third kappa shape index (κ3) is 7.10. The molecule has 0 spiro atoms. The van der Waals surface area contributed by atoms with Crippen molar-refractivity contribution in [1.82, 2.24) is 10.6 Å². The van der Waals surface area contributed by atoms with Gasteiger partial charge in [-0.25, -0.2) is 0 Å². The third-order valence-electron chi connectivity index (χ3n) is 4.80. The Kier molecular flexibility index (Phi) is 9.22. The molecular formula is C21H27N5O6. The Bertz CT molecular complexity index is 909. The van der Waals surface area contributed by atoms with Gasteiger partial charge in [-0.05, 0) is 23.3 Å². The van der Waals surface area contributed by atoms with Crippen LogP contribution in [0, 0.1) is 10.1 Å². The van der Waals surface area contributed by atoms with Gasteiger partial charge in [-0.3, -0.25) is 19.7 Å². The summed E-state index contributed by atoms with van der Waals surface area (Å²) in [5.41, 5.74) is 12.3. The lowest BCUT2D eigenvalue weighted by Crippen LogP contribution is -2.53. The van der Waals surface area contributed by atoms with E-state index in [1.54, 1.807) is 24.3 Å². The van der Waals surface area contributed by atoms with Crippen molar-refractivity contribution in [2.24, 2.45) is 11.5 Å². The summed E-state index contributed by atoms with van der Waals surface area (Å²) in [4.78, 5) is 35.0. The molecule has 11 heteroatoms. The molecule has 4 atom stereocenters. The van der Waals surface area contributed by atoms with Crippen molar-refractivity contribution < 1.29 is 24.7 Å². The van der Waals surface area contributed by atoms with Crippen LogP contribution in [0.4, 0.5) is 5.69 Å². The normalized spacial score (nSPS) is 14.6. The van der Waals surface area contributed by atoms with E-state index in [2.05, 4.69) is 10.6 Å². The Morgan fingerprint density at radius 2 is 1.66 bits per heavy atom. The Balaban J connectivity index is 2.02. The molecule has 11 nitrogen and oxygen atoms in total. The summed E-state index contributed by atoms with van der Waals surface area (Å²) < 4.78 is 0. The predicted molar refractivity (Wildman–Crippen MR) is 116 cm³/mol. The van der Waals surface area contributed by atoms with Gasteiger partial charge in [0.2, 0.25) is 5.91 Å². The molecule has 2 amide bonds. The molecule has 0 saturated carbocycles. The molecule has 0 saturated heterocycles. The van der Waals surface area contributed by atoms with Gasteiger partial charge in [-0.1, -0.05) is 30.3 Å². The molecule has 32 heavy (non-hydrogen) atoms. The Hall–Kier alpha value is -3.38. The first-order valence-corrected chi connectivity index (χ1v) is 9.91. The topological polar surface area (TPSA) is 194 Å². The number of nitrogens with two attached hydrogens (primary N) is 2. The second-order valence-corrected chi connectivity index (χ2v) is 7.20. The van der Waals surface area contributed by atoms with E-state index < -0.39 is 41.0 Å². The van der Waals surface area contributed by atoms with Gasteiger partial charge in [0, 0.05) is 31.6 Å². The summed E-state index contributed by atoms with van der Waals surface area (Å²) in [6.45, 7) is -0.421. The highest BCUT2D eigenvalue weighted by molar-refractivity contribution is 5.89. The molecule has 172 valence electrons. The highest BCUT2D eigenvalue weighted by Gasteiger charge is 2.26. The maximum absolute atomic E-state index is 12.7. The van der Waals surface area contributed by atoms with Gasteiger partial charge >= 0.3 is 0 Å². The third-order valence-corrected chi connectivity index (χ3v) is 4.80. The summed E-state index contributed by atoms with van der Waals surface area (Å²) in [7, 11) is 0. The fraction of sp³-hybridized carbons (Fsp3) is 0.333. The summed E-state index contributed by atoms with van der Waals surface area (Å²) in [5.74, 6) is -1.34. The molecule has 8 N–H and O–H groups in total. The van der Waals surface area contributed by atoms with E-state index in [1.807, 2.05) is 6.07 Å². The van der Waals surface area contributed by atoms with Gasteiger partial charge in [0.25, 0.3) is 11.6 Å². The van der Waals surface area contributed by atoms with Crippen molar-refractivity contribution in [1.29, 1.82) is 0 Å². The highest BCUT2D eigenvalue weighted by Crippen LogP contribution is 2.19. The number of rotatable bonds is 11. The lowest BCUT2D eigenvalue weighted by atomic mass is 10.0. The number of benzene rings is 2. The molecule has 0 aromatic heterocycles. The zero-order chi connectivity index (χ0) is 23.7. The van der Waals surface area contributed by atoms with E-state index in [4.69, 9.17) is 11.5 Å². The van der Waals surface area contributed by atoms with Crippen molar-refractivity contribution in [2.75, 3.05) is 13.1 Å². The Morgan fingerprint density at radius 3 is 2.22 bits per heavy atom. The smallest absolute Gasteiger partial charge is 0.269 e. The quantitative estimate of drug-likeness (QED) is 0.189. The largest absolute Gasteiger partial charge is 0.387 e. The van der Waals surface area contributed by atoms with Crippen LogP contribution in [-0.4, -0.2) is 58.2 Å². The summed E-state index contributed by atoms with van der Waals surface area (Å²) in [5, 5.41) is 35.8. The minimum Gasteiger partial charge on any atom is -0.387 e. The second-order valence-electron chi connectivity index (χ2n) is 7.20. The van der Waals surface area contributed by atoms with Crippen LogP contribution >= 0.6 is 0 Å². The number of carbonyl (C=O) groups is 2. The average Bonchev–Trinajstić information content (AvgIpc) is 2.81. The number of nitro benzene ring substituents is 1. The molecule has 0 bridgehead atoms. The fourth-order valence-corrected chi connectivity index (χ4v) is 2.93. The van der Waals surface area contributed by atoms with Gasteiger partial charge in [0.05, 0.1) is 17.1 Å². The minimum absolute atomic E-state index is 0.123. The van der Waals surface area contributed by atoms with E-state index in [0.29, 0.717) is 5.56 Å². The standard InChI is InChI=1S/C21H27N5O6/c22-11-18(27)21(30)25-17(10-13-4-2-1-3-5-13)20(29)24-12-16(23)19(28)14-6-8-15(9-7-14)26(31)32/h1-9,16-19,27-28H,10-12,22-23H2,(H,24,29)(H,25,30)/t16-,17+,18-,19-/m0/s1. The average molecular weight is 445 g/mol. The van der Waals surface area contributed by atoms with Crippen molar-refractivity contribution in [3.8, 4) is 0 Å². The minimum atomic E-state index is -1.45. The number of nitrogens with one attached hydrogen (secondary N) is 2. The lowest BCUT2D eigenvalue weighted by molar-refractivity contribution is -0.384. The number of non-ortho nitro benzene ring substituents is 1. The monoisotopic (exact) mass is 445 g/mol. The summed E-state index contributed by atoms with van der Waals surface area (Å²) in [6, 6.07) is 12.3. The van der Waals surface area contributed by atoms with Crippen LogP contribution in [0.15, 0.2) is 54.6 Å². The summed E-state index contributed by atoms with van der Waals surface area (Å²) >= 11 is 0. The molecule has 2 rings (SSSR count). The molecule has 0 aliphatic heterocycles. The van der Waals surface area contributed by atoms with Gasteiger partial charge in [0.1, 0.15) is 12.1 Å². The molecule has 0 heterocycles. The molecule has 2 aromatic rings. The maximum Gasteiger partial charge on any atom is 0.269 e. The fourth-order valence-electron chi connectivity index (χ4n) is 2.93. The van der Waals surface area contributed by atoms with E-state index >= 15 is 0 Å². The highest BCUT2D eigenvalue weighted by atomic mass is 16.6. The molecular weight excluding hydrogens is 418 g/mol. The first-order chi connectivity index (χ1) is 15.2.